The highest BCUT2D eigenvalue weighted by Crippen LogP contribution is 2.37. The van der Waals surface area contributed by atoms with E-state index in [1.54, 1.807) is 6.07 Å². The molecule has 0 fully saturated rings. The Bertz CT molecular complexity index is 914. The summed E-state index contributed by atoms with van der Waals surface area (Å²) in [6, 6.07) is 5.40. The Balaban J connectivity index is 2.35. The normalized spacial score (nSPS) is 11.6. The Labute approximate surface area is 166 Å². The van der Waals surface area contributed by atoms with Gasteiger partial charge >= 0.3 is 5.63 Å². The van der Waals surface area contributed by atoms with E-state index in [-0.39, 0.29) is 11.9 Å². The van der Waals surface area contributed by atoms with Gasteiger partial charge in [-0.3, -0.25) is 0 Å². The third-order valence-corrected chi connectivity index (χ3v) is 4.13. The second-order valence-electron chi connectivity index (χ2n) is 7.23. The molecule has 152 valence electrons. The van der Waals surface area contributed by atoms with Crippen LogP contribution >= 0.6 is 0 Å². The van der Waals surface area contributed by atoms with Gasteiger partial charge in [-0.15, -0.1) is 0 Å². The lowest BCUT2D eigenvalue weighted by atomic mass is 10.1. The van der Waals surface area contributed by atoms with E-state index >= 15 is 0 Å². The summed E-state index contributed by atoms with van der Waals surface area (Å²) in [6.07, 6.45) is 6.03. The summed E-state index contributed by atoms with van der Waals surface area (Å²) >= 11 is 0. The maximum atomic E-state index is 12.5. The molecule has 5 nitrogen and oxygen atoms in total. The number of allylic oxidation sites excluding steroid dienone is 3. The lowest BCUT2D eigenvalue weighted by molar-refractivity contribution is 0.216. The quantitative estimate of drug-likeness (QED) is 0.411. The Morgan fingerprint density at radius 3 is 2.54 bits per heavy atom. The Kier molecular flexibility index (Phi) is 7.73. The zero-order valence-corrected chi connectivity index (χ0v) is 17.6. The zero-order chi connectivity index (χ0) is 20.7. The lowest BCUT2D eigenvalue weighted by Gasteiger charge is -2.15. The van der Waals surface area contributed by atoms with Gasteiger partial charge < -0.3 is 18.6 Å². The highest BCUT2D eigenvalue weighted by molar-refractivity contribution is 5.89. The van der Waals surface area contributed by atoms with Gasteiger partial charge in [-0.2, -0.15) is 0 Å². The first-order valence-electron chi connectivity index (χ1n) is 9.55. The van der Waals surface area contributed by atoms with E-state index in [0.29, 0.717) is 29.1 Å². The van der Waals surface area contributed by atoms with Gasteiger partial charge in [0, 0.05) is 0 Å². The highest BCUT2D eigenvalue weighted by Gasteiger charge is 2.20. The average molecular weight is 386 g/mol. The molecule has 0 radical (unpaired) electrons. The van der Waals surface area contributed by atoms with Crippen molar-refractivity contribution < 1.29 is 18.6 Å². The molecule has 1 aromatic carbocycles. The standard InChI is InChI=1S/C23H30O5/c1-15(2)9-7-10-17(5)13-14-26-21-18-11-8-12-19(25-6)20(18)28-23(24)22(21)27-16(3)4/h8-9,11-13,16H,7,10,14H2,1-6H3/b17-13+. The SMILES string of the molecule is COc1cccc2c(OC/C=C(\C)CCC=C(C)C)c(OC(C)C)c(=O)oc12. The van der Waals surface area contributed by atoms with Crippen LogP contribution in [0.5, 0.6) is 17.2 Å². The van der Waals surface area contributed by atoms with Gasteiger partial charge in [0.15, 0.2) is 17.1 Å². The Morgan fingerprint density at radius 1 is 1.14 bits per heavy atom. The number of methoxy groups -OCH3 is 1. The van der Waals surface area contributed by atoms with Crippen molar-refractivity contribution in [2.24, 2.45) is 0 Å². The molecule has 2 aromatic rings. The van der Waals surface area contributed by atoms with Crippen LogP contribution in [-0.4, -0.2) is 19.8 Å². The van der Waals surface area contributed by atoms with Gasteiger partial charge in [-0.25, -0.2) is 4.79 Å². The van der Waals surface area contributed by atoms with Crippen molar-refractivity contribution in [3.63, 3.8) is 0 Å². The number of fused-ring (bicyclic) bond motifs is 1. The monoisotopic (exact) mass is 386 g/mol. The number of hydrogen-bond acceptors (Lipinski definition) is 5. The molecule has 1 aromatic heterocycles. The fourth-order valence-corrected chi connectivity index (χ4v) is 2.75. The predicted molar refractivity (Wildman–Crippen MR) is 113 cm³/mol. The molecule has 0 spiro atoms. The molecule has 5 heteroatoms. The van der Waals surface area contributed by atoms with E-state index < -0.39 is 5.63 Å². The summed E-state index contributed by atoms with van der Waals surface area (Å²) in [5.74, 6) is 0.947. The molecule has 2 rings (SSSR count). The third-order valence-electron chi connectivity index (χ3n) is 4.13. The maximum absolute atomic E-state index is 12.5. The topological polar surface area (TPSA) is 57.9 Å². The van der Waals surface area contributed by atoms with Crippen LogP contribution in [0.4, 0.5) is 0 Å². The van der Waals surface area contributed by atoms with Gasteiger partial charge in [0.2, 0.25) is 5.75 Å². The predicted octanol–water partition coefficient (Wildman–Crippen LogP) is 5.66. The number of ether oxygens (including phenoxy) is 3. The van der Waals surface area contributed by atoms with Crippen LogP contribution in [-0.2, 0) is 0 Å². The van der Waals surface area contributed by atoms with Gasteiger partial charge in [-0.05, 0) is 65.7 Å². The molecular formula is C23H30O5. The first-order chi connectivity index (χ1) is 13.3. The zero-order valence-electron chi connectivity index (χ0n) is 17.6. The van der Waals surface area contributed by atoms with E-state index in [1.165, 1.54) is 18.3 Å². The fourth-order valence-electron chi connectivity index (χ4n) is 2.75. The van der Waals surface area contributed by atoms with E-state index in [1.807, 2.05) is 32.1 Å². The first-order valence-corrected chi connectivity index (χ1v) is 9.55. The van der Waals surface area contributed by atoms with Crippen molar-refractivity contribution in [2.75, 3.05) is 13.7 Å². The van der Waals surface area contributed by atoms with Crippen molar-refractivity contribution in [3.05, 3.63) is 51.9 Å². The number of hydrogen-bond donors (Lipinski definition) is 0. The number of benzene rings is 1. The molecular weight excluding hydrogens is 356 g/mol. The van der Waals surface area contributed by atoms with Crippen molar-refractivity contribution in [1.29, 1.82) is 0 Å². The molecule has 0 atom stereocenters. The van der Waals surface area contributed by atoms with Crippen LogP contribution in [0.25, 0.3) is 11.0 Å². The molecule has 0 aliphatic rings. The van der Waals surface area contributed by atoms with E-state index in [2.05, 4.69) is 26.8 Å². The summed E-state index contributed by atoms with van der Waals surface area (Å²) in [4.78, 5) is 12.5. The second-order valence-corrected chi connectivity index (χ2v) is 7.23. The molecule has 0 saturated carbocycles. The van der Waals surface area contributed by atoms with Crippen LogP contribution in [0.15, 0.2) is 50.7 Å². The number of para-hydroxylation sites is 1. The lowest BCUT2D eigenvalue weighted by Crippen LogP contribution is -2.15. The number of rotatable bonds is 9. The molecule has 28 heavy (non-hydrogen) atoms. The van der Waals surface area contributed by atoms with Gasteiger partial charge in [0.25, 0.3) is 0 Å². The van der Waals surface area contributed by atoms with E-state index in [9.17, 15) is 4.79 Å². The molecule has 0 aliphatic heterocycles. The largest absolute Gasteiger partial charge is 0.493 e. The van der Waals surface area contributed by atoms with Crippen molar-refractivity contribution in [2.45, 2.75) is 53.6 Å². The van der Waals surface area contributed by atoms with Crippen molar-refractivity contribution in [1.82, 2.24) is 0 Å². The van der Waals surface area contributed by atoms with E-state index in [0.717, 1.165) is 12.8 Å². The summed E-state index contributed by atoms with van der Waals surface area (Å²) in [5, 5.41) is 0.644. The second kappa shape index (κ2) is 10.0. The molecule has 0 N–H and O–H groups in total. The first kappa shape index (κ1) is 21.6. The summed E-state index contributed by atoms with van der Waals surface area (Å²) < 4.78 is 22.5. The third kappa shape index (κ3) is 5.65. The molecule has 0 saturated heterocycles. The molecule has 0 amide bonds. The fraction of sp³-hybridized carbons (Fsp3) is 0.435. The summed E-state index contributed by atoms with van der Waals surface area (Å²) in [7, 11) is 1.53. The van der Waals surface area contributed by atoms with Crippen molar-refractivity contribution in [3.8, 4) is 17.2 Å². The molecule has 1 heterocycles. The maximum Gasteiger partial charge on any atom is 0.383 e. The smallest absolute Gasteiger partial charge is 0.383 e. The molecule has 0 aliphatic carbocycles. The van der Waals surface area contributed by atoms with Crippen LogP contribution in [0.2, 0.25) is 0 Å². The van der Waals surface area contributed by atoms with Gasteiger partial charge in [-0.1, -0.05) is 23.3 Å². The highest BCUT2D eigenvalue weighted by atomic mass is 16.5. The van der Waals surface area contributed by atoms with E-state index in [4.69, 9.17) is 18.6 Å². The minimum Gasteiger partial charge on any atom is -0.493 e. The van der Waals surface area contributed by atoms with Gasteiger partial charge in [0.1, 0.15) is 6.61 Å². The molecule has 0 bridgehead atoms. The minimum atomic E-state index is -0.579. The van der Waals surface area contributed by atoms with Crippen molar-refractivity contribution >= 4 is 11.0 Å². The van der Waals surface area contributed by atoms with Crippen LogP contribution in [0, 0.1) is 0 Å². The van der Waals surface area contributed by atoms with Crippen LogP contribution in [0.1, 0.15) is 47.5 Å². The van der Waals surface area contributed by atoms with Crippen LogP contribution in [0.3, 0.4) is 0 Å². The Hall–Kier alpha value is -2.69. The summed E-state index contributed by atoms with van der Waals surface area (Å²) in [5.41, 5.74) is 2.32. The molecule has 0 unspecified atom stereocenters. The summed E-state index contributed by atoms with van der Waals surface area (Å²) in [6.45, 7) is 10.3. The van der Waals surface area contributed by atoms with Gasteiger partial charge in [0.05, 0.1) is 18.6 Å². The van der Waals surface area contributed by atoms with Crippen LogP contribution < -0.4 is 19.8 Å². The average Bonchev–Trinajstić information content (AvgIpc) is 2.63. The Morgan fingerprint density at radius 2 is 1.89 bits per heavy atom. The minimum absolute atomic E-state index is 0.0892.